The molecule has 0 radical (unpaired) electrons. The first-order valence-corrected chi connectivity index (χ1v) is 7.43. The molecule has 1 N–H and O–H groups in total. The third-order valence-electron chi connectivity index (χ3n) is 3.82. The number of carbonyl (C=O) groups excluding carboxylic acids is 1. The van der Waals surface area contributed by atoms with Crippen LogP contribution in [0.25, 0.3) is 0 Å². The minimum Gasteiger partial charge on any atom is -0.378 e. The number of aryl methyl sites for hydroxylation is 1. The molecule has 2 atom stereocenters. The highest BCUT2D eigenvalue weighted by atomic mass is 16.5. The van der Waals surface area contributed by atoms with E-state index >= 15 is 0 Å². The quantitative estimate of drug-likeness (QED) is 0.807. The summed E-state index contributed by atoms with van der Waals surface area (Å²) in [5.74, 6) is 0.111. The van der Waals surface area contributed by atoms with E-state index < -0.39 is 0 Å². The molecule has 0 spiro atoms. The number of rotatable bonds is 3. The first-order valence-electron chi connectivity index (χ1n) is 7.43. The topological polar surface area (TPSA) is 68.6 Å². The molecule has 2 aliphatic rings. The molecule has 2 unspecified atom stereocenters. The summed E-state index contributed by atoms with van der Waals surface area (Å²) in [5.41, 5.74) is 1.13. The number of hydrogen-bond donors (Lipinski definition) is 1. The van der Waals surface area contributed by atoms with Crippen LogP contribution in [0.3, 0.4) is 0 Å². The van der Waals surface area contributed by atoms with E-state index in [4.69, 9.17) is 9.47 Å². The van der Waals surface area contributed by atoms with E-state index in [1.54, 1.807) is 0 Å². The molecule has 1 aromatic heterocycles. The van der Waals surface area contributed by atoms with Crippen LogP contribution in [0.4, 0.5) is 0 Å². The van der Waals surface area contributed by atoms with Gasteiger partial charge in [-0.05, 0) is 12.5 Å². The fraction of sp³-hybridized carbons (Fsp3) is 0.714. The fourth-order valence-corrected chi connectivity index (χ4v) is 2.75. The molecule has 1 amide bonds. The van der Waals surface area contributed by atoms with Crippen LogP contribution in [0.2, 0.25) is 0 Å². The van der Waals surface area contributed by atoms with Gasteiger partial charge in [-0.15, -0.1) is 0 Å². The van der Waals surface area contributed by atoms with Gasteiger partial charge in [0.05, 0.1) is 38.7 Å². The van der Waals surface area contributed by atoms with Crippen molar-refractivity contribution in [1.29, 1.82) is 0 Å². The van der Waals surface area contributed by atoms with Gasteiger partial charge in [0.25, 0.3) is 0 Å². The summed E-state index contributed by atoms with van der Waals surface area (Å²) in [6.45, 7) is 6.37. The molecule has 3 rings (SSSR count). The Hall–Kier alpha value is -1.44. The lowest BCUT2D eigenvalue weighted by molar-refractivity contribution is -0.144. The lowest BCUT2D eigenvalue weighted by Gasteiger charge is -2.36. The summed E-state index contributed by atoms with van der Waals surface area (Å²) >= 11 is 0. The highest BCUT2D eigenvalue weighted by molar-refractivity contribution is 5.82. The normalized spacial score (nSPS) is 26.8. The number of nitrogens with one attached hydrogen (secondary N) is 1. The molecule has 7 heteroatoms. The second-order valence-electron chi connectivity index (χ2n) is 5.60. The minimum atomic E-state index is -0.218. The highest BCUT2D eigenvalue weighted by Crippen LogP contribution is 2.10. The Morgan fingerprint density at radius 3 is 3.14 bits per heavy atom. The summed E-state index contributed by atoms with van der Waals surface area (Å²) in [6.07, 6.45) is 3.81. The van der Waals surface area contributed by atoms with Crippen LogP contribution in [-0.2, 0) is 20.8 Å². The van der Waals surface area contributed by atoms with Crippen molar-refractivity contribution in [3.05, 3.63) is 18.0 Å². The maximum atomic E-state index is 12.5. The van der Waals surface area contributed by atoms with Crippen molar-refractivity contribution >= 4 is 5.91 Å². The van der Waals surface area contributed by atoms with Crippen molar-refractivity contribution in [3.8, 4) is 0 Å². The Labute approximate surface area is 124 Å². The number of nitrogens with zero attached hydrogens (tertiary/aromatic N) is 3. The SMILES string of the molecule is Cc1cnn(CC2CN(C(=O)C3COCCN3)CCO2)c1. The molecule has 0 bridgehead atoms. The van der Waals surface area contributed by atoms with Gasteiger partial charge in [-0.25, -0.2) is 0 Å². The van der Waals surface area contributed by atoms with Crippen molar-refractivity contribution < 1.29 is 14.3 Å². The predicted octanol–water partition coefficient (Wildman–Crippen LogP) is -0.593. The summed E-state index contributed by atoms with van der Waals surface area (Å²) in [6, 6.07) is -0.218. The third-order valence-corrected chi connectivity index (χ3v) is 3.82. The molecule has 7 nitrogen and oxygen atoms in total. The summed E-state index contributed by atoms with van der Waals surface area (Å²) in [7, 11) is 0. The maximum absolute atomic E-state index is 12.5. The Balaban J connectivity index is 1.56. The van der Waals surface area contributed by atoms with Crippen LogP contribution in [0, 0.1) is 6.92 Å². The summed E-state index contributed by atoms with van der Waals surface area (Å²) in [4.78, 5) is 14.3. The van der Waals surface area contributed by atoms with Gasteiger partial charge in [-0.1, -0.05) is 0 Å². The van der Waals surface area contributed by atoms with Crippen LogP contribution in [0.15, 0.2) is 12.4 Å². The van der Waals surface area contributed by atoms with Gasteiger partial charge >= 0.3 is 0 Å². The summed E-state index contributed by atoms with van der Waals surface area (Å²) in [5, 5.41) is 7.48. The Morgan fingerprint density at radius 2 is 2.43 bits per heavy atom. The predicted molar refractivity (Wildman–Crippen MR) is 75.9 cm³/mol. The van der Waals surface area contributed by atoms with Crippen molar-refractivity contribution in [3.63, 3.8) is 0 Å². The van der Waals surface area contributed by atoms with E-state index in [0.29, 0.717) is 39.5 Å². The van der Waals surface area contributed by atoms with Gasteiger partial charge in [0, 0.05) is 25.8 Å². The minimum absolute atomic E-state index is 0.00786. The monoisotopic (exact) mass is 294 g/mol. The van der Waals surface area contributed by atoms with Crippen LogP contribution in [-0.4, -0.2) is 72.2 Å². The van der Waals surface area contributed by atoms with E-state index in [2.05, 4.69) is 10.4 Å². The molecule has 1 aromatic rings. The third kappa shape index (κ3) is 3.61. The molecule has 3 heterocycles. The Bertz CT molecular complexity index is 484. The zero-order valence-corrected chi connectivity index (χ0v) is 12.3. The Morgan fingerprint density at radius 1 is 1.52 bits per heavy atom. The zero-order chi connectivity index (χ0) is 14.7. The van der Waals surface area contributed by atoms with Gasteiger partial charge in [-0.2, -0.15) is 5.10 Å². The van der Waals surface area contributed by atoms with E-state index in [1.807, 2.05) is 28.9 Å². The van der Waals surface area contributed by atoms with Crippen molar-refractivity contribution in [2.45, 2.75) is 25.6 Å². The molecule has 0 saturated carbocycles. The lowest BCUT2D eigenvalue weighted by Crippen LogP contribution is -2.56. The Kier molecular flexibility index (Phi) is 4.52. The van der Waals surface area contributed by atoms with Crippen LogP contribution >= 0.6 is 0 Å². The van der Waals surface area contributed by atoms with Crippen molar-refractivity contribution in [2.75, 3.05) is 39.5 Å². The molecule has 0 aromatic carbocycles. The fourth-order valence-electron chi connectivity index (χ4n) is 2.75. The van der Waals surface area contributed by atoms with Crippen LogP contribution < -0.4 is 5.32 Å². The first kappa shape index (κ1) is 14.5. The molecule has 21 heavy (non-hydrogen) atoms. The lowest BCUT2D eigenvalue weighted by atomic mass is 10.2. The average Bonchev–Trinajstić information content (AvgIpc) is 2.93. The molecule has 116 valence electrons. The van der Waals surface area contributed by atoms with Gasteiger partial charge in [-0.3, -0.25) is 9.48 Å². The second-order valence-corrected chi connectivity index (χ2v) is 5.60. The highest BCUT2D eigenvalue weighted by Gasteiger charge is 2.30. The molecule has 0 aliphatic carbocycles. The molecule has 2 aliphatic heterocycles. The largest absolute Gasteiger partial charge is 0.378 e. The number of hydrogen-bond acceptors (Lipinski definition) is 5. The number of carbonyl (C=O) groups is 1. The smallest absolute Gasteiger partial charge is 0.242 e. The first-order chi connectivity index (χ1) is 10.2. The standard InChI is InChI=1S/C14H22N4O3/c1-11-6-16-18(7-11)9-12-8-17(3-5-21-12)14(19)13-10-20-4-2-15-13/h6-7,12-13,15H,2-5,8-10H2,1H3. The van der Waals surface area contributed by atoms with E-state index in [1.165, 1.54) is 0 Å². The number of aromatic nitrogens is 2. The molecular formula is C14H22N4O3. The van der Waals surface area contributed by atoms with Gasteiger partial charge in [0.1, 0.15) is 6.04 Å². The molecule has 2 saturated heterocycles. The number of ether oxygens (including phenoxy) is 2. The zero-order valence-electron chi connectivity index (χ0n) is 12.3. The van der Waals surface area contributed by atoms with Crippen LogP contribution in [0.5, 0.6) is 0 Å². The van der Waals surface area contributed by atoms with Gasteiger partial charge in [0.15, 0.2) is 0 Å². The van der Waals surface area contributed by atoms with Crippen LogP contribution in [0.1, 0.15) is 5.56 Å². The molecular weight excluding hydrogens is 272 g/mol. The second kappa shape index (κ2) is 6.55. The van der Waals surface area contributed by atoms with E-state index in [-0.39, 0.29) is 18.1 Å². The van der Waals surface area contributed by atoms with E-state index in [9.17, 15) is 4.79 Å². The maximum Gasteiger partial charge on any atom is 0.242 e. The van der Waals surface area contributed by atoms with Gasteiger partial charge < -0.3 is 19.7 Å². The molecule has 2 fully saturated rings. The number of amides is 1. The summed E-state index contributed by atoms with van der Waals surface area (Å²) < 4.78 is 13.0. The van der Waals surface area contributed by atoms with Gasteiger partial charge in [0.2, 0.25) is 5.91 Å². The number of morpholine rings is 2. The average molecular weight is 294 g/mol. The van der Waals surface area contributed by atoms with Crippen molar-refractivity contribution in [2.24, 2.45) is 0 Å². The van der Waals surface area contributed by atoms with Crippen molar-refractivity contribution in [1.82, 2.24) is 20.0 Å². The van der Waals surface area contributed by atoms with E-state index in [0.717, 1.165) is 12.1 Å².